The third-order valence-electron chi connectivity index (χ3n) is 13.9. The van der Waals surface area contributed by atoms with Crippen LogP contribution in [0, 0.1) is 0 Å². The lowest BCUT2D eigenvalue weighted by molar-refractivity contribution is -0.143. The topological polar surface area (TPSA) is 95.9 Å². The highest BCUT2D eigenvalue weighted by atomic mass is 16.5. The molecule has 2 atom stereocenters. The number of carbonyl (C=O) groups is 2. The lowest BCUT2D eigenvalue weighted by atomic mass is 10.0. The Morgan fingerprint density at radius 2 is 0.735 bits per heavy atom. The number of esters is 1. The number of allylic oxidation sites excluding steroid dienone is 6. The first-order chi connectivity index (χ1) is 33.5. The first kappa shape index (κ1) is 66.1. The summed E-state index contributed by atoms with van der Waals surface area (Å²) in [5, 5.41) is 23.1. The fraction of sp³-hybridized carbons (Fsp3) is 0.871. The summed E-state index contributed by atoms with van der Waals surface area (Å²) < 4.78 is 5.47. The molecule has 400 valence electrons. The summed E-state index contributed by atoms with van der Waals surface area (Å²) in [5.41, 5.74) is 0. The number of hydrogen-bond donors (Lipinski definition) is 3. The fourth-order valence-corrected chi connectivity index (χ4v) is 9.25. The normalized spacial score (nSPS) is 12.8. The lowest BCUT2D eigenvalue weighted by Gasteiger charge is -2.22. The number of aliphatic hydroxyl groups is 2. The van der Waals surface area contributed by atoms with Gasteiger partial charge in [-0.2, -0.15) is 0 Å². The van der Waals surface area contributed by atoms with Gasteiger partial charge in [-0.3, -0.25) is 9.59 Å². The summed E-state index contributed by atoms with van der Waals surface area (Å²) in [4.78, 5) is 24.4. The summed E-state index contributed by atoms with van der Waals surface area (Å²) in [7, 11) is 0. The molecule has 0 fully saturated rings. The molecule has 0 radical (unpaired) electrons. The number of carbonyl (C=O) groups excluding carboxylic acids is 2. The number of aliphatic hydroxyl groups excluding tert-OH is 2. The van der Waals surface area contributed by atoms with E-state index in [0.29, 0.717) is 25.9 Å². The van der Waals surface area contributed by atoms with Gasteiger partial charge in [0.1, 0.15) is 0 Å². The molecule has 0 heterocycles. The Hall–Kier alpha value is -1.92. The van der Waals surface area contributed by atoms with Gasteiger partial charge >= 0.3 is 5.97 Å². The highest BCUT2D eigenvalue weighted by molar-refractivity contribution is 5.76. The van der Waals surface area contributed by atoms with Crippen molar-refractivity contribution in [3.63, 3.8) is 0 Å². The maximum atomic E-state index is 12.4. The number of rotatable bonds is 56. The minimum absolute atomic E-state index is 0.00244. The van der Waals surface area contributed by atoms with Crippen molar-refractivity contribution in [2.45, 2.75) is 334 Å². The van der Waals surface area contributed by atoms with Crippen molar-refractivity contribution in [2.24, 2.45) is 0 Å². The predicted molar refractivity (Wildman–Crippen MR) is 296 cm³/mol. The van der Waals surface area contributed by atoms with Crippen LogP contribution in [0.15, 0.2) is 36.5 Å². The second-order valence-electron chi connectivity index (χ2n) is 20.7. The fourth-order valence-electron chi connectivity index (χ4n) is 9.25. The van der Waals surface area contributed by atoms with E-state index in [1.165, 1.54) is 238 Å². The minimum atomic E-state index is -0.662. The average Bonchev–Trinajstić information content (AvgIpc) is 3.34. The van der Waals surface area contributed by atoms with E-state index < -0.39 is 12.1 Å². The van der Waals surface area contributed by atoms with Gasteiger partial charge in [0.15, 0.2) is 0 Å². The first-order valence-corrected chi connectivity index (χ1v) is 30.2. The van der Waals surface area contributed by atoms with Crippen LogP contribution >= 0.6 is 0 Å². The maximum absolute atomic E-state index is 12.4. The Labute approximate surface area is 424 Å². The zero-order valence-corrected chi connectivity index (χ0v) is 45.6. The summed E-state index contributed by atoms with van der Waals surface area (Å²) in [5.74, 6) is -0.0357. The Morgan fingerprint density at radius 1 is 0.412 bits per heavy atom. The van der Waals surface area contributed by atoms with Crippen molar-refractivity contribution in [1.29, 1.82) is 0 Å². The molecule has 0 aromatic carbocycles. The van der Waals surface area contributed by atoms with Crippen LogP contribution in [0.2, 0.25) is 0 Å². The van der Waals surface area contributed by atoms with Crippen LogP contribution in [0.5, 0.6) is 0 Å². The van der Waals surface area contributed by atoms with Gasteiger partial charge in [-0.05, 0) is 83.5 Å². The van der Waals surface area contributed by atoms with Crippen molar-refractivity contribution >= 4 is 11.9 Å². The highest BCUT2D eigenvalue weighted by Crippen LogP contribution is 2.17. The largest absolute Gasteiger partial charge is 0.466 e. The monoisotopic (exact) mass is 956 g/mol. The summed E-state index contributed by atoms with van der Waals surface area (Å²) in [6, 6.07) is -0.540. The quantitative estimate of drug-likeness (QED) is 0.0321. The highest BCUT2D eigenvalue weighted by Gasteiger charge is 2.20. The van der Waals surface area contributed by atoms with Crippen molar-refractivity contribution in [1.82, 2.24) is 5.32 Å². The molecule has 0 aromatic heterocycles. The molecular weight excluding hydrogens is 839 g/mol. The number of amides is 1. The van der Waals surface area contributed by atoms with Crippen molar-refractivity contribution in [2.75, 3.05) is 13.2 Å². The van der Waals surface area contributed by atoms with Gasteiger partial charge < -0.3 is 20.3 Å². The van der Waals surface area contributed by atoms with E-state index in [9.17, 15) is 19.8 Å². The Kier molecular flexibility index (Phi) is 56.0. The number of unbranched alkanes of at least 4 members (excludes halogenated alkanes) is 39. The molecule has 0 saturated carbocycles. The third kappa shape index (κ3) is 53.4. The SMILES string of the molecule is CCCCCC/C=C\CCCCCCCC(=O)OCCCCCCCCCCC/C=C\C/C=C\CCCCCCCCCCCCCCCC(=O)NC(CO)C(O)CCCCCCCCCCC. The van der Waals surface area contributed by atoms with Crippen LogP contribution in [0.25, 0.3) is 0 Å². The number of nitrogens with one attached hydrogen (secondary N) is 1. The van der Waals surface area contributed by atoms with Gasteiger partial charge in [-0.25, -0.2) is 0 Å². The molecule has 68 heavy (non-hydrogen) atoms. The molecule has 0 aromatic rings. The van der Waals surface area contributed by atoms with E-state index in [0.717, 1.165) is 51.4 Å². The number of ether oxygens (including phenoxy) is 1. The number of hydrogen-bond acceptors (Lipinski definition) is 5. The van der Waals surface area contributed by atoms with Gasteiger partial charge in [-0.15, -0.1) is 0 Å². The Bertz CT molecular complexity index is 1100. The van der Waals surface area contributed by atoms with Crippen LogP contribution in [-0.2, 0) is 14.3 Å². The molecule has 2 unspecified atom stereocenters. The second-order valence-corrected chi connectivity index (χ2v) is 20.7. The van der Waals surface area contributed by atoms with Crippen molar-refractivity contribution in [3.8, 4) is 0 Å². The van der Waals surface area contributed by atoms with Crippen molar-refractivity contribution in [3.05, 3.63) is 36.5 Å². The predicted octanol–water partition coefficient (Wildman–Crippen LogP) is 18.8. The molecule has 0 spiro atoms. The van der Waals surface area contributed by atoms with Gasteiger partial charge in [-0.1, -0.05) is 262 Å². The second kappa shape index (κ2) is 57.7. The zero-order valence-electron chi connectivity index (χ0n) is 45.6. The van der Waals surface area contributed by atoms with E-state index in [2.05, 4.69) is 55.6 Å². The molecule has 0 aliphatic rings. The van der Waals surface area contributed by atoms with E-state index >= 15 is 0 Å². The van der Waals surface area contributed by atoms with Gasteiger partial charge in [0.25, 0.3) is 0 Å². The van der Waals surface area contributed by atoms with Crippen LogP contribution in [0.3, 0.4) is 0 Å². The Balaban J connectivity index is 3.38. The van der Waals surface area contributed by atoms with Gasteiger partial charge in [0.2, 0.25) is 5.91 Å². The molecule has 1 amide bonds. The van der Waals surface area contributed by atoms with Crippen molar-refractivity contribution < 1.29 is 24.5 Å². The lowest BCUT2D eigenvalue weighted by Crippen LogP contribution is -2.45. The maximum Gasteiger partial charge on any atom is 0.305 e. The smallest absolute Gasteiger partial charge is 0.305 e. The third-order valence-corrected chi connectivity index (χ3v) is 13.9. The van der Waals surface area contributed by atoms with E-state index in [1.54, 1.807) is 0 Å². The molecular formula is C62H117NO5. The van der Waals surface area contributed by atoms with E-state index in [1.807, 2.05) is 0 Å². The molecule has 0 bridgehead atoms. The molecule has 6 heteroatoms. The molecule has 0 aliphatic heterocycles. The molecule has 3 N–H and O–H groups in total. The first-order valence-electron chi connectivity index (χ1n) is 30.2. The Morgan fingerprint density at radius 3 is 1.15 bits per heavy atom. The van der Waals surface area contributed by atoms with Crippen LogP contribution in [0.1, 0.15) is 322 Å². The zero-order chi connectivity index (χ0) is 49.3. The average molecular weight is 957 g/mol. The van der Waals surface area contributed by atoms with E-state index in [-0.39, 0.29) is 18.5 Å². The van der Waals surface area contributed by atoms with Crippen LogP contribution < -0.4 is 5.32 Å². The molecule has 6 nitrogen and oxygen atoms in total. The molecule has 0 saturated heterocycles. The summed E-state index contributed by atoms with van der Waals surface area (Å²) in [6.45, 7) is 4.92. The standard InChI is InChI=1S/C62H117NO5/c1-3-5-7-9-11-13-14-32-36-40-44-48-52-56-62(67)68-57-53-49-45-41-37-34-31-29-27-25-23-21-19-17-15-16-18-20-22-24-26-28-30-33-35-39-43-47-51-55-61(66)63-59(58-64)60(65)54-50-46-42-38-12-10-8-6-4-2/h13-15,17,21,23,59-60,64-65H,3-12,16,18-20,22,24-58H2,1-2H3,(H,63,66)/b14-13-,17-15-,23-21-. The van der Waals surface area contributed by atoms with Crippen LogP contribution in [-0.4, -0.2) is 47.4 Å². The molecule has 0 rings (SSSR count). The summed E-state index contributed by atoms with van der Waals surface area (Å²) in [6.07, 6.45) is 71.7. The molecule has 0 aliphatic carbocycles. The van der Waals surface area contributed by atoms with Gasteiger partial charge in [0, 0.05) is 12.8 Å². The summed E-state index contributed by atoms with van der Waals surface area (Å²) >= 11 is 0. The minimum Gasteiger partial charge on any atom is -0.466 e. The van der Waals surface area contributed by atoms with Gasteiger partial charge in [0.05, 0.1) is 25.4 Å². The van der Waals surface area contributed by atoms with E-state index in [4.69, 9.17) is 4.74 Å². The van der Waals surface area contributed by atoms with Crippen LogP contribution in [0.4, 0.5) is 0 Å².